The van der Waals surface area contributed by atoms with Crippen LogP contribution in [0.3, 0.4) is 0 Å². The number of ether oxygens (including phenoxy) is 3. The van der Waals surface area contributed by atoms with Crippen LogP contribution in [-0.2, 0) is 6.54 Å². The van der Waals surface area contributed by atoms with Crippen molar-refractivity contribution in [2.24, 2.45) is 0 Å². The highest BCUT2D eigenvalue weighted by Crippen LogP contribution is 2.28. The number of aromatic nitrogens is 3. The molecule has 0 bridgehead atoms. The molecule has 0 radical (unpaired) electrons. The molecule has 138 valence electrons. The van der Waals surface area contributed by atoms with Crippen molar-refractivity contribution in [3.05, 3.63) is 58.6 Å². The van der Waals surface area contributed by atoms with Gasteiger partial charge in [-0.3, -0.25) is 9.36 Å². The van der Waals surface area contributed by atoms with Crippen LogP contribution in [0.2, 0.25) is 0 Å². The van der Waals surface area contributed by atoms with Crippen molar-refractivity contribution in [1.82, 2.24) is 14.5 Å². The lowest BCUT2D eigenvalue weighted by Crippen LogP contribution is -2.21. The zero-order valence-corrected chi connectivity index (χ0v) is 15.3. The number of fused-ring (bicyclic) bond motifs is 3. The highest BCUT2D eigenvalue weighted by atomic mass is 16.5. The third-order valence-electron chi connectivity index (χ3n) is 4.58. The maximum atomic E-state index is 12.9. The lowest BCUT2D eigenvalue weighted by atomic mass is 10.2. The molecular weight excluding hydrogens is 346 g/mol. The van der Waals surface area contributed by atoms with E-state index in [1.165, 1.54) is 0 Å². The minimum Gasteiger partial charge on any atom is -0.497 e. The van der Waals surface area contributed by atoms with Crippen LogP contribution in [-0.4, -0.2) is 35.9 Å². The van der Waals surface area contributed by atoms with E-state index in [4.69, 9.17) is 14.2 Å². The van der Waals surface area contributed by atoms with Crippen molar-refractivity contribution < 1.29 is 14.2 Å². The van der Waals surface area contributed by atoms with Gasteiger partial charge >= 0.3 is 0 Å². The molecule has 0 atom stereocenters. The number of aromatic amines is 1. The molecule has 2 aromatic heterocycles. The maximum absolute atomic E-state index is 12.9. The van der Waals surface area contributed by atoms with Crippen molar-refractivity contribution in [3.63, 3.8) is 0 Å². The van der Waals surface area contributed by atoms with Gasteiger partial charge in [-0.1, -0.05) is 6.07 Å². The molecule has 4 aromatic rings. The Bertz CT molecular complexity index is 1190. The van der Waals surface area contributed by atoms with Gasteiger partial charge in [0.05, 0.1) is 34.2 Å². The molecule has 0 saturated heterocycles. The molecule has 27 heavy (non-hydrogen) atoms. The highest BCUT2D eigenvalue weighted by molar-refractivity contribution is 6.04. The third-order valence-corrected chi connectivity index (χ3v) is 4.58. The Morgan fingerprint density at radius 2 is 1.81 bits per heavy atom. The Balaban J connectivity index is 1.78. The minimum absolute atomic E-state index is 0.134. The number of hydrogen-bond acceptors (Lipinski definition) is 5. The van der Waals surface area contributed by atoms with E-state index in [1.807, 2.05) is 36.4 Å². The van der Waals surface area contributed by atoms with Crippen LogP contribution in [0.25, 0.3) is 21.9 Å². The summed E-state index contributed by atoms with van der Waals surface area (Å²) in [6.07, 6.45) is 1.56. The molecule has 4 rings (SSSR count). The number of benzene rings is 2. The molecule has 7 heteroatoms. The predicted molar refractivity (Wildman–Crippen MR) is 103 cm³/mol. The molecular formula is C20H19N3O4. The van der Waals surface area contributed by atoms with Gasteiger partial charge in [-0.15, -0.1) is 0 Å². The fourth-order valence-corrected chi connectivity index (χ4v) is 3.18. The van der Waals surface area contributed by atoms with Gasteiger partial charge in [0.15, 0.2) is 11.5 Å². The molecule has 0 spiro atoms. The lowest BCUT2D eigenvalue weighted by Gasteiger charge is -2.10. The van der Waals surface area contributed by atoms with Gasteiger partial charge < -0.3 is 19.2 Å². The van der Waals surface area contributed by atoms with Crippen LogP contribution >= 0.6 is 0 Å². The summed E-state index contributed by atoms with van der Waals surface area (Å²) in [5.74, 6) is 1.99. The summed E-state index contributed by atoms with van der Waals surface area (Å²) in [4.78, 5) is 20.6. The maximum Gasteiger partial charge on any atom is 0.277 e. The summed E-state index contributed by atoms with van der Waals surface area (Å²) < 4.78 is 17.4. The summed E-state index contributed by atoms with van der Waals surface area (Å²) in [5.41, 5.74) is 2.73. The molecule has 2 aromatic carbocycles. The zero-order valence-electron chi connectivity index (χ0n) is 15.3. The summed E-state index contributed by atoms with van der Waals surface area (Å²) in [5, 5.41) is 0.861. The number of nitrogens with zero attached hydrogens (tertiary/aromatic N) is 2. The van der Waals surface area contributed by atoms with Crippen LogP contribution in [0.5, 0.6) is 17.2 Å². The first-order valence-electron chi connectivity index (χ1n) is 8.40. The Labute approximate surface area is 155 Å². The second-order valence-corrected chi connectivity index (χ2v) is 6.13. The predicted octanol–water partition coefficient (Wildman–Crippen LogP) is 2.95. The van der Waals surface area contributed by atoms with Gasteiger partial charge in [0.1, 0.15) is 16.8 Å². The van der Waals surface area contributed by atoms with Gasteiger partial charge in [-0.05, 0) is 35.9 Å². The Hall–Kier alpha value is -3.48. The summed E-state index contributed by atoms with van der Waals surface area (Å²) in [7, 11) is 4.78. The van der Waals surface area contributed by atoms with E-state index in [-0.39, 0.29) is 5.56 Å². The number of H-pyrrole nitrogens is 1. The van der Waals surface area contributed by atoms with Gasteiger partial charge in [0.25, 0.3) is 5.56 Å². The van der Waals surface area contributed by atoms with E-state index in [2.05, 4.69) is 9.97 Å². The van der Waals surface area contributed by atoms with Gasteiger partial charge in [-0.25, -0.2) is 4.98 Å². The smallest absolute Gasteiger partial charge is 0.277 e. The second kappa shape index (κ2) is 6.68. The van der Waals surface area contributed by atoms with E-state index in [0.717, 1.165) is 22.2 Å². The molecule has 1 N–H and O–H groups in total. The first-order valence-corrected chi connectivity index (χ1v) is 8.40. The largest absolute Gasteiger partial charge is 0.497 e. The summed E-state index contributed by atoms with van der Waals surface area (Å²) in [6, 6.07) is 11.2. The number of nitrogens with one attached hydrogen (secondary N) is 1. The van der Waals surface area contributed by atoms with Crippen molar-refractivity contribution in [2.45, 2.75) is 6.54 Å². The molecule has 0 aliphatic rings. The normalized spacial score (nSPS) is 11.1. The van der Waals surface area contributed by atoms with E-state index in [1.54, 1.807) is 32.2 Å². The molecule has 0 fully saturated rings. The standard InChI is InChI=1S/C20H19N3O4/c1-25-13-5-6-15-14(9-13)18-19(22-15)20(24)23(11-21-18)10-12-4-7-16(26-2)17(8-12)27-3/h4-9,11,22H,10H2,1-3H3. The summed E-state index contributed by atoms with van der Waals surface area (Å²) >= 11 is 0. The lowest BCUT2D eigenvalue weighted by molar-refractivity contribution is 0.354. The first-order chi connectivity index (χ1) is 13.1. The Morgan fingerprint density at radius 3 is 2.56 bits per heavy atom. The molecule has 0 unspecified atom stereocenters. The third kappa shape index (κ3) is 2.87. The van der Waals surface area contributed by atoms with Crippen molar-refractivity contribution >= 4 is 21.9 Å². The fourth-order valence-electron chi connectivity index (χ4n) is 3.18. The monoisotopic (exact) mass is 365 g/mol. The summed E-state index contributed by atoms with van der Waals surface area (Å²) in [6.45, 7) is 0.376. The van der Waals surface area contributed by atoms with E-state index in [9.17, 15) is 4.79 Å². The SMILES string of the molecule is COc1ccc2[nH]c3c(=O)n(Cc4ccc(OC)c(OC)c4)cnc3c2c1. The molecule has 0 amide bonds. The van der Waals surface area contributed by atoms with E-state index < -0.39 is 0 Å². The van der Waals surface area contributed by atoms with E-state index in [0.29, 0.717) is 29.1 Å². The topological polar surface area (TPSA) is 78.4 Å². The average Bonchev–Trinajstić information content (AvgIpc) is 3.08. The molecule has 2 heterocycles. The zero-order chi connectivity index (χ0) is 19.0. The van der Waals surface area contributed by atoms with Crippen LogP contribution in [0.15, 0.2) is 47.5 Å². The van der Waals surface area contributed by atoms with Crippen molar-refractivity contribution in [1.29, 1.82) is 0 Å². The van der Waals surface area contributed by atoms with Crippen molar-refractivity contribution in [2.75, 3.05) is 21.3 Å². The number of methoxy groups -OCH3 is 3. The molecule has 0 aliphatic carbocycles. The molecule has 0 aliphatic heterocycles. The average molecular weight is 365 g/mol. The number of rotatable bonds is 5. The van der Waals surface area contributed by atoms with Crippen LogP contribution < -0.4 is 19.8 Å². The second-order valence-electron chi connectivity index (χ2n) is 6.13. The highest BCUT2D eigenvalue weighted by Gasteiger charge is 2.13. The van der Waals surface area contributed by atoms with Gasteiger partial charge in [0.2, 0.25) is 0 Å². The van der Waals surface area contributed by atoms with Crippen LogP contribution in [0.4, 0.5) is 0 Å². The fraction of sp³-hybridized carbons (Fsp3) is 0.200. The van der Waals surface area contributed by atoms with Gasteiger partial charge in [-0.2, -0.15) is 0 Å². The number of hydrogen-bond donors (Lipinski definition) is 1. The quantitative estimate of drug-likeness (QED) is 0.588. The Morgan fingerprint density at radius 1 is 1.00 bits per heavy atom. The Kier molecular flexibility index (Phi) is 4.19. The van der Waals surface area contributed by atoms with Crippen LogP contribution in [0.1, 0.15) is 5.56 Å². The first kappa shape index (κ1) is 17.0. The minimum atomic E-state index is -0.134. The molecule has 7 nitrogen and oxygen atoms in total. The van der Waals surface area contributed by atoms with Gasteiger partial charge in [0, 0.05) is 10.9 Å². The molecule has 0 saturated carbocycles. The van der Waals surface area contributed by atoms with Crippen molar-refractivity contribution in [3.8, 4) is 17.2 Å². The van der Waals surface area contributed by atoms with E-state index >= 15 is 0 Å². The van der Waals surface area contributed by atoms with Crippen LogP contribution in [0, 0.1) is 0 Å².